The molecule has 1 rings (SSSR count). The summed E-state index contributed by atoms with van der Waals surface area (Å²) in [5, 5.41) is 3.23. The Labute approximate surface area is 122 Å². The van der Waals surface area contributed by atoms with Crippen molar-refractivity contribution < 1.29 is 22.4 Å². The highest BCUT2D eigenvalue weighted by molar-refractivity contribution is 9.09. The number of rotatable bonds is 4. The molecule has 7 heteroatoms. The summed E-state index contributed by atoms with van der Waals surface area (Å²) in [6, 6.07) is 1.99. The van der Waals surface area contributed by atoms with Crippen LogP contribution in [-0.2, 0) is 6.18 Å². The summed E-state index contributed by atoms with van der Waals surface area (Å²) < 4.78 is 50.8. The van der Waals surface area contributed by atoms with Gasteiger partial charge in [0.1, 0.15) is 5.82 Å². The minimum Gasteiger partial charge on any atom is -0.349 e. The minimum atomic E-state index is -4.82. The summed E-state index contributed by atoms with van der Waals surface area (Å²) in [4.78, 5) is 11.8. The molecule has 0 saturated carbocycles. The molecule has 2 atom stereocenters. The lowest BCUT2D eigenvalue weighted by Gasteiger charge is -2.19. The van der Waals surface area contributed by atoms with Gasteiger partial charge in [-0.05, 0) is 31.0 Å². The molecule has 1 amide bonds. The highest BCUT2D eigenvalue weighted by Gasteiger charge is 2.34. The Balaban J connectivity index is 2.95. The first-order chi connectivity index (χ1) is 9.16. The van der Waals surface area contributed by atoms with Gasteiger partial charge in [-0.15, -0.1) is 0 Å². The van der Waals surface area contributed by atoms with Crippen LogP contribution in [0.15, 0.2) is 18.2 Å². The maximum atomic E-state index is 13.1. The van der Waals surface area contributed by atoms with Gasteiger partial charge in [0.05, 0.1) is 5.56 Å². The Hall–Kier alpha value is -1.11. The highest BCUT2D eigenvalue weighted by Crippen LogP contribution is 2.31. The van der Waals surface area contributed by atoms with Gasteiger partial charge >= 0.3 is 6.18 Å². The molecule has 0 fully saturated rings. The number of nitrogens with one attached hydrogen (secondary N) is 1. The van der Waals surface area contributed by atoms with Crippen LogP contribution in [0.1, 0.15) is 29.8 Å². The van der Waals surface area contributed by atoms with E-state index in [9.17, 15) is 22.4 Å². The van der Waals surface area contributed by atoms with Crippen LogP contribution < -0.4 is 5.32 Å². The topological polar surface area (TPSA) is 29.1 Å². The molecule has 0 radical (unpaired) electrons. The number of carbonyl (C=O) groups excluding carboxylic acids is 1. The predicted molar refractivity (Wildman–Crippen MR) is 71.3 cm³/mol. The lowest BCUT2D eigenvalue weighted by atomic mass is 10.0. The monoisotopic (exact) mass is 355 g/mol. The van der Waals surface area contributed by atoms with Crippen molar-refractivity contribution in [2.45, 2.75) is 26.1 Å². The quantitative estimate of drug-likeness (QED) is 0.642. The molecule has 2 nitrogen and oxygen atoms in total. The second-order valence-corrected chi connectivity index (χ2v) is 5.23. The molecule has 1 aromatic rings. The first-order valence-electron chi connectivity index (χ1n) is 5.90. The Morgan fingerprint density at radius 2 is 1.95 bits per heavy atom. The van der Waals surface area contributed by atoms with E-state index in [0.29, 0.717) is 17.5 Å². The Morgan fingerprint density at radius 3 is 2.45 bits per heavy atom. The van der Waals surface area contributed by atoms with Crippen molar-refractivity contribution in [1.82, 2.24) is 5.32 Å². The van der Waals surface area contributed by atoms with Gasteiger partial charge in [-0.2, -0.15) is 13.2 Å². The molecule has 0 aliphatic rings. The van der Waals surface area contributed by atoms with Gasteiger partial charge in [0.25, 0.3) is 5.91 Å². The SMILES string of the molecule is CC(CBr)C(C)NC(=O)c1ccc(F)c(C(F)(F)F)c1. The maximum absolute atomic E-state index is 13.1. The zero-order chi connectivity index (χ0) is 15.5. The summed E-state index contributed by atoms with van der Waals surface area (Å²) in [6.45, 7) is 3.63. The highest BCUT2D eigenvalue weighted by atomic mass is 79.9. The molecule has 2 unspecified atom stereocenters. The molecule has 0 saturated heterocycles. The van der Waals surface area contributed by atoms with E-state index in [1.807, 2.05) is 6.92 Å². The number of benzene rings is 1. The fraction of sp³-hybridized carbons (Fsp3) is 0.462. The first kappa shape index (κ1) is 16.9. The second kappa shape index (κ2) is 6.56. The van der Waals surface area contributed by atoms with Gasteiger partial charge in [0.2, 0.25) is 0 Å². The smallest absolute Gasteiger partial charge is 0.349 e. The van der Waals surface area contributed by atoms with Crippen LogP contribution >= 0.6 is 15.9 Å². The van der Waals surface area contributed by atoms with E-state index in [0.717, 1.165) is 6.07 Å². The number of alkyl halides is 4. The van der Waals surface area contributed by atoms with E-state index in [2.05, 4.69) is 21.2 Å². The van der Waals surface area contributed by atoms with Crippen LogP contribution in [0, 0.1) is 11.7 Å². The third-order valence-corrected chi connectivity index (χ3v) is 4.01. The van der Waals surface area contributed by atoms with Crippen molar-refractivity contribution >= 4 is 21.8 Å². The van der Waals surface area contributed by atoms with Gasteiger partial charge in [-0.25, -0.2) is 4.39 Å². The normalized spacial score (nSPS) is 14.8. The number of hydrogen-bond donors (Lipinski definition) is 1. The summed E-state index contributed by atoms with van der Waals surface area (Å²) in [7, 11) is 0. The minimum absolute atomic E-state index is 0.112. The van der Waals surface area contributed by atoms with Crippen LogP contribution in [-0.4, -0.2) is 17.3 Å². The first-order valence-corrected chi connectivity index (χ1v) is 7.02. The van der Waals surface area contributed by atoms with Crippen molar-refractivity contribution in [3.05, 3.63) is 35.1 Å². The lowest BCUT2D eigenvalue weighted by molar-refractivity contribution is -0.140. The third kappa shape index (κ3) is 4.19. The van der Waals surface area contributed by atoms with E-state index >= 15 is 0 Å². The second-order valence-electron chi connectivity index (χ2n) is 4.59. The standard InChI is InChI=1S/C13H14BrF4NO/c1-7(6-14)8(2)19-12(20)9-3-4-11(15)10(5-9)13(16,17)18/h3-5,7-8H,6H2,1-2H3,(H,19,20). The van der Waals surface area contributed by atoms with Gasteiger partial charge in [0, 0.05) is 16.9 Å². The van der Waals surface area contributed by atoms with Crippen LogP contribution in [0.3, 0.4) is 0 Å². The van der Waals surface area contributed by atoms with Crippen molar-refractivity contribution in [3.63, 3.8) is 0 Å². The van der Waals surface area contributed by atoms with Gasteiger partial charge in [-0.3, -0.25) is 4.79 Å². The molecule has 112 valence electrons. The fourth-order valence-corrected chi connectivity index (χ4v) is 2.01. The van der Waals surface area contributed by atoms with Crippen LogP contribution in [0.25, 0.3) is 0 Å². The molecule has 0 bridgehead atoms. The van der Waals surface area contributed by atoms with Crippen molar-refractivity contribution in [2.75, 3.05) is 5.33 Å². The van der Waals surface area contributed by atoms with Gasteiger partial charge < -0.3 is 5.32 Å². The zero-order valence-electron chi connectivity index (χ0n) is 10.9. The third-order valence-electron chi connectivity index (χ3n) is 2.99. The molecular weight excluding hydrogens is 342 g/mol. The predicted octanol–water partition coefficient (Wildman–Crippen LogP) is 3.99. The fourth-order valence-electron chi connectivity index (χ4n) is 1.45. The number of halogens is 5. The van der Waals surface area contributed by atoms with E-state index in [-0.39, 0.29) is 17.5 Å². The lowest BCUT2D eigenvalue weighted by Crippen LogP contribution is -2.37. The summed E-state index contributed by atoms with van der Waals surface area (Å²) in [6.07, 6.45) is -4.82. The molecule has 0 spiro atoms. The Morgan fingerprint density at radius 1 is 1.35 bits per heavy atom. The molecular formula is C13H14BrF4NO. The Kier molecular flexibility index (Phi) is 5.56. The van der Waals surface area contributed by atoms with E-state index in [1.54, 1.807) is 6.92 Å². The molecule has 0 heterocycles. The van der Waals surface area contributed by atoms with Crippen LogP contribution in [0.4, 0.5) is 17.6 Å². The molecule has 20 heavy (non-hydrogen) atoms. The summed E-state index contributed by atoms with van der Waals surface area (Å²) in [5.41, 5.74) is -1.65. The molecule has 1 N–H and O–H groups in total. The summed E-state index contributed by atoms with van der Waals surface area (Å²) >= 11 is 3.26. The van der Waals surface area contributed by atoms with Gasteiger partial charge in [0.15, 0.2) is 0 Å². The number of amides is 1. The zero-order valence-corrected chi connectivity index (χ0v) is 12.5. The van der Waals surface area contributed by atoms with Crippen molar-refractivity contribution in [3.8, 4) is 0 Å². The van der Waals surface area contributed by atoms with Crippen LogP contribution in [0.2, 0.25) is 0 Å². The van der Waals surface area contributed by atoms with E-state index in [4.69, 9.17) is 0 Å². The largest absolute Gasteiger partial charge is 0.419 e. The van der Waals surface area contributed by atoms with E-state index < -0.39 is 23.5 Å². The number of hydrogen-bond acceptors (Lipinski definition) is 1. The maximum Gasteiger partial charge on any atom is 0.419 e. The molecule has 0 aromatic heterocycles. The molecule has 0 aliphatic heterocycles. The van der Waals surface area contributed by atoms with Gasteiger partial charge in [-0.1, -0.05) is 22.9 Å². The average molecular weight is 356 g/mol. The van der Waals surface area contributed by atoms with Crippen molar-refractivity contribution in [1.29, 1.82) is 0 Å². The summed E-state index contributed by atoms with van der Waals surface area (Å²) in [5.74, 6) is -1.94. The number of carbonyl (C=O) groups is 1. The van der Waals surface area contributed by atoms with Crippen LogP contribution in [0.5, 0.6) is 0 Å². The Bertz CT molecular complexity index is 490. The average Bonchev–Trinajstić information content (AvgIpc) is 2.36. The van der Waals surface area contributed by atoms with Crippen molar-refractivity contribution in [2.24, 2.45) is 5.92 Å². The molecule has 0 aliphatic carbocycles. The van der Waals surface area contributed by atoms with E-state index in [1.165, 1.54) is 0 Å². The molecule has 1 aromatic carbocycles.